The number of benzene rings is 1. The summed E-state index contributed by atoms with van der Waals surface area (Å²) >= 11 is 0. The molecule has 2 aromatic rings. The second-order valence-electron chi connectivity index (χ2n) is 6.62. The number of furan rings is 1. The fourth-order valence-electron chi connectivity index (χ4n) is 3.45. The van der Waals surface area contributed by atoms with E-state index < -0.39 is 0 Å². The highest BCUT2D eigenvalue weighted by molar-refractivity contribution is 5.98. The molecule has 0 radical (unpaired) electrons. The van der Waals surface area contributed by atoms with Crippen LogP contribution < -0.4 is 5.32 Å². The number of hydrogen-bond donors (Lipinski definition) is 1. The molecule has 1 unspecified atom stereocenters. The molecular weight excluding hydrogens is 288 g/mol. The van der Waals surface area contributed by atoms with Crippen molar-refractivity contribution in [1.82, 2.24) is 10.2 Å². The molecule has 1 amide bonds. The standard InChI is InChI=1S/C19H22N2O2/c22-19(20-12-14-8-10-21(13-14)16-6-7-16)18-17(9-11-23-18)15-4-2-1-3-5-15/h1-5,9,11,14,16H,6-8,10,12-13H2,(H,20,22). The molecule has 2 fully saturated rings. The Bertz CT molecular complexity index is 676. The quantitative estimate of drug-likeness (QED) is 0.922. The molecule has 1 aromatic carbocycles. The van der Waals surface area contributed by atoms with Crippen molar-refractivity contribution in [2.24, 2.45) is 5.92 Å². The lowest BCUT2D eigenvalue weighted by Crippen LogP contribution is -2.31. The van der Waals surface area contributed by atoms with Crippen LogP contribution in [0.3, 0.4) is 0 Å². The lowest BCUT2D eigenvalue weighted by atomic mass is 10.1. The van der Waals surface area contributed by atoms with E-state index in [1.807, 2.05) is 36.4 Å². The zero-order chi connectivity index (χ0) is 15.6. The Morgan fingerprint density at radius 2 is 2.00 bits per heavy atom. The minimum Gasteiger partial charge on any atom is -0.459 e. The highest BCUT2D eigenvalue weighted by atomic mass is 16.3. The largest absolute Gasteiger partial charge is 0.459 e. The third kappa shape index (κ3) is 3.17. The van der Waals surface area contributed by atoms with Crippen LogP contribution in [0.1, 0.15) is 29.8 Å². The Morgan fingerprint density at radius 3 is 2.78 bits per heavy atom. The second kappa shape index (κ2) is 6.20. The van der Waals surface area contributed by atoms with Crippen LogP contribution in [-0.2, 0) is 0 Å². The molecule has 1 atom stereocenters. The van der Waals surface area contributed by atoms with Gasteiger partial charge in [0.25, 0.3) is 5.91 Å². The summed E-state index contributed by atoms with van der Waals surface area (Å²) < 4.78 is 5.44. The van der Waals surface area contributed by atoms with Crippen molar-refractivity contribution in [1.29, 1.82) is 0 Å². The lowest BCUT2D eigenvalue weighted by molar-refractivity contribution is 0.0920. The highest BCUT2D eigenvalue weighted by Gasteiger charge is 2.34. The molecule has 1 aliphatic heterocycles. The number of likely N-dealkylation sites (tertiary alicyclic amines) is 1. The number of nitrogens with zero attached hydrogens (tertiary/aromatic N) is 1. The molecule has 0 bridgehead atoms. The third-order valence-corrected chi connectivity index (χ3v) is 4.89. The van der Waals surface area contributed by atoms with Gasteiger partial charge in [0.2, 0.25) is 0 Å². The average Bonchev–Trinajstić information content (AvgIpc) is 3.14. The van der Waals surface area contributed by atoms with Crippen LogP contribution in [0, 0.1) is 5.92 Å². The minimum absolute atomic E-state index is 0.112. The first-order valence-electron chi connectivity index (χ1n) is 8.46. The van der Waals surface area contributed by atoms with E-state index in [-0.39, 0.29) is 5.91 Å². The van der Waals surface area contributed by atoms with Crippen molar-refractivity contribution in [3.63, 3.8) is 0 Å². The average molecular weight is 310 g/mol. The van der Waals surface area contributed by atoms with Crippen LogP contribution in [0.5, 0.6) is 0 Å². The summed E-state index contributed by atoms with van der Waals surface area (Å²) in [5, 5.41) is 3.06. The molecular formula is C19H22N2O2. The number of hydrogen-bond acceptors (Lipinski definition) is 3. The molecule has 4 nitrogen and oxygen atoms in total. The SMILES string of the molecule is O=C(NCC1CCN(C2CC2)C1)c1occc1-c1ccccc1. The monoisotopic (exact) mass is 310 g/mol. The molecule has 4 heteroatoms. The molecule has 1 saturated carbocycles. The molecule has 2 aliphatic rings. The molecule has 2 heterocycles. The number of rotatable bonds is 5. The lowest BCUT2D eigenvalue weighted by Gasteiger charge is -2.15. The normalized spacial score (nSPS) is 21.5. The van der Waals surface area contributed by atoms with E-state index in [1.165, 1.54) is 25.8 Å². The topological polar surface area (TPSA) is 45.5 Å². The van der Waals surface area contributed by atoms with Crippen molar-refractivity contribution >= 4 is 5.91 Å². The molecule has 0 spiro atoms. The summed E-state index contributed by atoms with van der Waals surface area (Å²) in [4.78, 5) is 15.0. The van der Waals surface area contributed by atoms with Gasteiger partial charge in [-0.15, -0.1) is 0 Å². The van der Waals surface area contributed by atoms with Gasteiger partial charge in [-0.1, -0.05) is 30.3 Å². The Morgan fingerprint density at radius 1 is 1.17 bits per heavy atom. The zero-order valence-corrected chi connectivity index (χ0v) is 13.2. The van der Waals surface area contributed by atoms with Gasteiger partial charge in [-0.3, -0.25) is 4.79 Å². The van der Waals surface area contributed by atoms with Crippen molar-refractivity contribution in [2.45, 2.75) is 25.3 Å². The molecule has 23 heavy (non-hydrogen) atoms. The number of amides is 1. The number of carbonyl (C=O) groups excluding carboxylic acids is 1. The molecule has 1 aliphatic carbocycles. The first kappa shape index (κ1) is 14.5. The van der Waals surface area contributed by atoms with E-state index in [1.54, 1.807) is 6.26 Å². The van der Waals surface area contributed by atoms with Gasteiger partial charge in [-0.05, 0) is 43.4 Å². The minimum atomic E-state index is -0.112. The molecule has 120 valence electrons. The fourth-order valence-corrected chi connectivity index (χ4v) is 3.45. The van der Waals surface area contributed by atoms with Crippen LogP contribution in [0.4, 0.5) is 0 Å². The van der Waals surface area contributed by atoms with Crippen molar-refractivity contribution < 1.29 is 9.21 Å². The summed E-state index contributed by atoms with van der Waals surface area (Å²) in [7, 11) is 0. The van der Waals surface area contributed by atoms with Crippen LogP contribution >= 0.6 is 0 Å². The van der Waals surface area contributed by atoms with Gasteiger partial charge in [0.15, 0.2) is 5.76 Å². The van der Waals surface area contributed by atoms with Gasteiger partial charge in [-0.25, -0.2) is 0 Å². The van der Waals surface area contributed by atoms with Crippen molar-refractivity contribution in [3.05, 3.63) is 48.4 Å². The molecule has 1 aromatic heterocycles. The molecule has 1 N–H and O–H groups in total. The first-order valence-corrected chi connectivity index (χ1v) is 8.46. The predicted octanol–water partition coefficient (Wildman–Crippen LogP) is 3.16. The van der Waals surface area contributed by atoms with Crippen LogP contribution in [-0.4, -0.2) is 36.5 Å². The van der Waals surface area contributed by atoms with Crippen molar-refractivity contribution in [2.75, 3.05) is 19.6 Å². The maximum absolute atomic E-state index is 12.5. The molecule has 1 saturated heterocycles. The summed E-state index contributed by atoms with van der Waals surface area (Å²) in [6.07, 6.45) is 5.47. The van der Waals surface area contributed by atoms with E-state index in [0.717, 1.165) is 30.3 Å². The summed E-state index contributed by atoms with van der Waals surface area (Å²) in [6, 6.07) is 12.6. The van der Waals surface area contributed by atoms with Crippen LogP contribution in [0.15, 0.2) is 47.1 Å². The van der Waals surface area contributed by atoms with Gasteiger partial charge >= 0.3 is 0 Å². The van der Waals surface area contributed by atoms with E-state index >= 15 is 0 Å². The van der Waals surface area contributed by atoms with E-state index in [4.69, 9.17) is 4.42 Å². The zero-order valence-electron chi connectivity index (χ0n) is 13.2. The number of nitrogens with one attached hydrogen (secondary N) is 1. The number of carbonyl (C=O) groups is 1. The third-order valence-electron chi connectivity index (χ3n) is 4.89. The Kier molecular flexibility index (Phi) is 3.92. The Labute approximate surface area is 136 Å². The van der Waals surface area contributed by atoms with Gasteiger partial charge in [0.05, 0.1) is 6.26 Å². The Hall–Kier alpha value is -2.07. The first-order chi connectivity index (χ1) is 11.3. The predicted molar refractivity (Wildman–Crippen MR) is 89.2 cm³/mol. The van der Waals surface area contributed by atoms with Gasteiger partial charge in [-0.2, -0.15) is 0 Å². The highest BCUT2D eigenvalue weighted by Crippen LogP contribution is 2.31. The Balaban J connectivity index is 1.37. The van der Waals surface area contributed by atoms with E-state index in [9.17, 15) is 4.79 Å². The van der Waals surface area contributed by atoms with Crippen molar-refractivity contribution in [3.8, 4) is 11.1 Å². The summed E-state index contributed by atoms with van der Waals surface area (Å²) in [5.41, 5.74) is 1.86. The smallest absolute Gasteiger partial charge is 0.287 e. The van der Waals surface area contributed by atoms with Crippen LogP contribution in [0.25, 0.3) is 11.1 Å². The maximum atomic E-state index is 12.5. The summed E-state index contributed by atoms with van der Waals surface area (Å²) in [5.74, 6) is 0.863. The maximum Gasteiger partial charge on any atom is 0.287 e. The van der Waals surface area contributed by atoms with Crippen LogP contribution in [0.2, 0.25) is 0 Å². The fraction of sp³-hybridized carbons (Fsp3) is 0.421. The second-order valence-corrected chi connectivity index (χ2v) is 6.62. The summed E-state index contributed by atoms with van der Waals surface area (Å²) in [6.45, 7) is 3.03. The molecule has 4 rings (SSSR count). The van der Waals surface area contributed by atoms with Gasteiger partial charge in [0, 0.05) is 24.7 Å². The van der Waals surface area contributed by atoms with E-state index in [0.29, 0.717) is 11.7 Å². The van der Waals surface area contributed by atoms with E-state index in [2.05, 4.69) is 10.2 Å². The van der Waals surface area contributed by atoms with Gasteiger partial charge in [0.1, 0.15) is 0 Å². The van der Waals surface area contributed by atoms with Gasteiger partial charge < -0.3 is 14.6 Å².